The number of amides is 1. The highest BCUT2D eigenvalue weighted by atomic mass is 16.5. The Morgan fingerprint density at radius 1 is 1.00 bits per heavy atom. The van der Waals surface area contributed by atoms with E-state index in [1.807, 2.05) is 63.2 Å². The van der Waals surface area contributed by atoms with Gasteiger partial charge < -0.3 is 10.1 Å². The normalized spacial score (nSPS) is 12.7. The molecule has 0 radical (unpaired) electrons. The van der Waals surface area contributed by atoms with Gasteiger partial charge in [0.2, 0.25) is 0 Å². The number of rotatable bonds is 2. The van der Waals surface area contributed by atoms with Gasteiger partial charge >= 0.3 is 0 Å². The van der Waals surface area contributed by atoms with E-state index < -0.39 is 0 Å². The Labute approximate surface area is 136 Å². The molecule has 1 aliphatic heterocycles. The molecule has 3 nitrogen and oxygen atoms in total. The molecule has 0 saturated carbocycles. The molecule has 0 atom stereocenters. The number of benzene rings is 2. The highest BCUT2D eigenvalue weighted by molar-refractivity contribution is 6.09. The number of anilines is 1. The van der Waals surface area contributed by atoms with Gasteiger partial charge in [0, 0.05) is 16.8 Å². The molecule has 23 heavy (non-hydrogen) atoms. The molecule has 3 rings (SSSR count). The third-order valence-electron chi connectivity index (χ3n) is 3.82. The van der Waals surface area contributed by atoms with Crippen molar-refractivity contribution >= 4 is 17.7 Å². The van der Waals surface area contributed by atoms with Crippen molar-refractivity contribution in [3.8, 4) is 5.75 Å². The van der Waals surface area contributed by atoms with Gasteiger partial charge in [0.05, 0.1) is 6.26 Å². The zero-order valence-corrected chi connectivity index (χ0v) is 13.5. The van der Waals surface area contributed by atoms with E-state index in [9.17, 15) is 4.79 Å². The molecule has 0 saturated heterocycles. The Balaban J connectivity index is 1.91. The zero-order chi connectivity index (χ0) is 16.4. The van der Waals surface area contributed by atoms with Crippen LogP contribution in [0.5, 0.6) is 5.75 Å². The molecule has 1 N–H and O–H groups in total. The first-order valence-electron chi connectivity index (χ1n) is 7.57. The second-order valence-electron chi connectivity index (χ2n) is 5.83. The van der Waals surface area contributed by atoms with Gasteiger partial charge in [0.15, 0.2) is 0 Å². The molecule has 2 aromatic carbocycles. The molecule has 3 heteroatoms. The van der Waals surface area contributed by atoms with Gasteiger partial charge in [-0.1, -0.05) is 23.8 Å². The van der Waals surface area contributed by atoms with Crippen LogP contribution in [0.15, 0.2) is 54.3 Å². The van der Waals surface area contributed by atoms with Crippen LogP contribution in [0.25, 0.3) is 6.08 Å². The summed E-state index contributed by atoms with van der Waals surface area (Å²) in [6, 6.07) is 11.9. The van der Waals surface area contributed by atoms with Crippen LogP contribution in [0.3, 0.4) is 0 Å². The Kier molecular flexibility index (Phi) is 4.02. The molecule has 1 aliphatic rings. The monoisotopic (exact) mass is 305 g/mol. The standard InChI is InChI=1S/C20H19NO2/c1-13-5-7-19-17(10-13)12-16(8-9-23-19)20(22)21-18-11-14(2)4-6-15(18)3/h4-12H,1-3H3,(H,21,22). The van der Waals surface area contributed by atoms with Crippen molar-refractivity contribution < 1.29 is 9.53 Å². The predicted molar refractivity (Wildman–Crippen MR) is 93.5 cm³/mol. The summed E-state index contributed by atoms with van der Waals surface area (Å²) in [4.78, 5) is 12.6. The van der Waals surface area contributed by atoms with Crippen LogP contribution in [-0.2, 0) is 4.79 Å². The highest BCUT2D eigenvalue weighted by Gasteiger charge is 2.13. The molecule has 1 heterocycles. The lowest BCUT2D eigenvalue weighted by Crippen LogP contribution is -2.14. The summed E-state index contributed by atoms with van der Waals surface area (Å²) in [6.45, 7) is 6.00. The van der Waals surface area contributed by atoms with Crippen molar-refractivity contribution in [2.24, 2.45) is 0 Å². The highest BCUT2D eigenvalue weighted by Crippen LogP contribution is 2.26. The van der Waals surface area contributed by atoms with Crippen LogP contribution in [-0.4, -0.2) is 5.91 Å². The molecule has 1 amide bonds. The van der Waals surface area contributed by atoms with Crippen LogP contribution in [0, 0.1) is 20.8 Å². The van der Waals surface area contributed by atoms with Crippen LogP contribution in [0.2, 0.25) is 0 Å². The number of aryl methyl sites for hydroxylation is 3. The van der Waals surface area contributed by atoms with Gasteiger partial charge in [-0.15, -0.1) is 0 Å². The lowest BCUT2D eigenvalue weighted by Gasteiger charge is -2.09. The van der Waals surface area contributed by atoms with Crippen molar-refractivity contribution in [1.82, 2.24) is 0 Å². The van der Waals surface area contributed by atoms with Gasteiger partial charge in [-0.05, 0) is 62.2 Å². The van der Waals surface area contributed by atoms with Crippen molar-refractivity contribution in [3.05, 3.63) is 76.6 Å². The number of carbonyl (C=O) groups excluding carboxylic acids is 1. The van der Waals surface area contributed by atoms with Gasteiger partial charge in [-0.2, -0.15) is 0 Å². The number of ether oxygens (including phenoxy) is 1. The van der Waals surface area contributed by atoms with Gasteiger partial charge in [0.25, 0.3) is 5.91 Å². The van der Waals surface area contributed by atoms with Crippen molar-refractivity contribution in [1.29, 1.82) is 0 Å². The fraction of sp³-hybridized carbons (Fsp3) is 0.150. The lowest BCUT2D eigenvalue weighted by molar-refractivity contribution is -0.112. The molecule has 0 bridgehead atoms. The van der Waals surface area contributed by atoms with Gasteiger partial charge in [-0.3, -0.25) is 4.79 Å². The van der Waals surface area contributed by atoms with E-state index in [1.54, 1.807) is 12.3 Å². The van der Waals surface area contributed by atoms with E-state index in [0.29, 0.717) is 5.57 Å². The first-order chi connectivity index (χ1) is 11.0. The minimum Gasteiger partial charge on any atom is -0.464 e. The maximum Gasteiger partial charge on any atom is 0.255 e. The quantitative estimate of drug-likeness (QED) is 0.884. The first-order valence-corrected chi connectivity index (χ1v) is 7.57. The average Bonchev–Trinajstić information content (AvgIpc) is 2.72. The first kappa shape index (κ1) is 15.1. The molecule has 116 valence electrons. The summed E-state index contributed by atoms with van der Waals surface area (Å²) in [5, 5.41) is 2.98. The second-order valence-corrected chi connectivity index (χ2v) is 5.83. The Morgan fingerprint density at radius 3 is 2.57 bits per heavy atom. The molecule has 0 fully saturated rings. The summed E-state index contributed by atoms with van der Waals surface area (Å²) in [5.74, 6) is 0.606. The van der Waals surface area contributed by atoms with Gasteiger partial charge in [0.1, 0.15) is 5.75 Å². The SMILES string of the molecule is Cc1ccc2c(c1)C=C(C(=O)Nc1cc(C)ccc1C)C=CO2. The average molecular weight is 305 g/mol. The van der Waals surface area contributed by atoms with E-state index in [1.165, 1.54) is 0 Å². The Bertz CT molecular complexity index is 832. The molecule has 0 spiro atoms. The molecule has 2 aromatic rings. The fourth-order valence-corrected chi connectivity index (χ4v) is 2.49. The van der Waals surface area contributed by atoms with Crippen molar-refractivity contribution in [3.63, 3.8) is 0 Å². The molecule has 0 aliphatic carbocycles. The summed E-state index contributed by atoms with van der Waals surface area (Å²) in [7, 11) is 0. The van der Waals surface area contributed by atoms with E-state index in [-0.39, 0.29) is 5.91 Å². The van der Waals surface area contributed by atoms with Crippen molar-refractivity contribution in [2.45, 2.75) is 20.8 Å². The summed E-state index contributed by atoms with van der Waals surface area (Å²) >= 11 is 0. The number of carbonyl (C=O) groups is 1. The van der Waals surface area contributed by atoms with Crippen LogP contribution in [0.4, 0.5) is 5.69 Å². The maximum atomic E-state index is 12.6. The summed E-state index contributed by atoms with van der Waals surface area (Å²) in [5.41, 5.74) is 5.57. The molecular formula is C20H19NO2. The Morgan fingerprint density at radius 2 is 1.74 bits per heavy atom. The second kappa shape index (κ2) is 6.13. The zero-order valence-electron chi connectivity index (χ0n) is 13.5. The number of fused-ring (bicyclic) bond motifs is 1. The van der Waals surface area contributed by atoms with Gasteiger partial charge in [-0.25, -0.2) is 0 Å². The van der Waals surface area contributed by atoms with Crippen LogP contribution in [0.1, 0.15) is 22.3 Å². The number of hydrogen-bond acceptors (Lipinski definition) is 2. The smallest absolute Gasteiger partial charge is 0.255 e. The number of nitrogens with one attached hydrogen (secondary N) is 1. The van der Waals surface area contributed by atoms with Crippen LogP contribution >= 0.6 is 0 Å². The Hall–Kier alpha value is -2.81. The molecular weight excluding hydrogens is 286 g/mol. The van der Waals surface area contributed by atoms with E-state index >= 15 is 0 Å². The molecule has 0 unspecified atom stereocenters. The maximum absolute atomic E-state index is 12.6. The predicted octanol–water partition coefficient (Wildman–Crippen LogP) is 4.54. The third-order valence-corrected chi connectivity index (χ3v) is 3.82. The topological polar surface area (TPSA) is 38.3 Å². The molecule has 0 aromatic heterocycles. The largest absolute Gasteiger partial charge is 0.464 e. The number of hydrogen-bond donors (Lipinski definition) is 1. The van der Waals surface area contributed by atoms with E-state index in [2.05, 4.69) is 5.32 Å². The van der Waals surface area contributed by atoms with E-state index in [4.69, 9.17) is 4.74 Å². The summed E-state index contributed by atoms with van der Waals surface area (Å²) < 4.78 is 5.56. The third kappa shape index (κ3) is 3.34. The van der Waals surface area contributed by atoms with E-state index in [0.717, 1.165) is 33.7 Å². The minimum absolute atomic E-state index is 0.145. The van der Waals surface area contributed by atoms with Crippen molar-refractivity contribution in [2.75, 3.05) is 5.32 Å². The van der Waals surface area contributed by atoms with Crippen LogP contribution < -0.4 is 10.1 Å². The fourth-order valence-electron chi connectivity index (χ4n) is 2.49. The minimum atomic E-state index is -0.145. The lowest BCUT2D eigenvalue weighted by atomic mass is 10.1. The summed E-state index contributed by atoms with van der Waals surface area (Å²) in [6.07, 6.45) is 5.10.